The van der Waals surface area contributed by atoms with Crippen LogP contribution in [0.5, 0.6) is 0 Å². The summed E-state index contributed by atoms with van der Waals surface area (Å²) >= 11 is 1.61. The standard InChI is InChI=1S/C12H21N3O2S2/c1-10-5-6-12(18-10)9-14-19(16,17)15-7-3-2-4-11(15)8-13/h5-6,11,14H,2-4,7-9,13H2,1H3. The summed E-state index contributed by atoms with van der Waals surface area (Å²) < 4.78 is 28.8. The van der Waals surface area contributed by atoms with Crippen LogP contribution in [-0.2, 0) is 16.8 Å². The van der Waals surface area contributed by atoms with E-state index in [1.807, 2.05) is 19.1 Å². The second-order valence-electron chi connectivity index (χ2n) is 4.83. The van der Waals surface area contributed by atoms with Gasteiger partial charge in [0.25, 0.3) is 10.2 Å². The van der Waals surface area contributed by atoms with Gasteiger partial charge >= 0.3 is 0 Å². The molecule has 1 aliphatic rings. The maximum Gasteiger partial charge on any atom is 0.280 e. The normalized spacial score (nSPS) is 21.7. The topological polar surface area (TPSA) is 75.4 Å². The third kappa shape index (κ3) is 3.76. The molecule has 5 nitrogen and oxygen atoms in total. The molecule has 19 heavy (non-hydrogen) atoms. The quantitative estimate of drug-likeness (QED) is 0.858. The first-order valence-corrected chi connectivity index (χ1v) is 8.80. The van der Waals surface area contributed by atoms with Crippen molar-refractivity contribution in [1.29, 1.82) is 0 Å². The Balaban J connectivity index is 2.00. The molecule has 0 aliphatic carbocycles. The zero-order chi connectivity index (χ0) is 13.9. The Morgan fingerprint density at radius 2 is 2.26 bits per heavy atom. The lowest BCUT2D eigenvalue weighted by molar-refractivity contribution is 0.254. The zero-order valence-corrected chi connectivity index (χ0v) is 12.8. The van der Waals surface area contributed by atoms with Gasteiger partial charge < -0.3 is 5.73 Å². The summed E-state index contributed by atoms with van der Waals surface area (Å²) in [6.45, 7) is 3.33. The summed E-state index contributed by atoms with van der Waals surface area (Å²) in [5, 5.41) is 0. The Kier molecular flexibility index (Phi) is 4.97. The molecule has 0 aromatic carbocycles. The second-order valence-corrected chi connectivity index (χ2v) is 7.91. The van der Waals surface area contributed by atoms with Gasteiger partial charge in [-0.05, 0) is 31.9 Å². The van der Waals surface area contributed by atoms with Gasteiger partial charge in [-0.2, -0.15) is 17.4 Å². The molecule has 0 radical (unpaired) electrons. The molecule has 1 atom stereocenters. The molecule has 7 heteroatoms. The van der Waals surface area contributed by atoms with E-state index >= 15 is 0 Å². The lowest BCUT2D eigenvalue weighted by Gasteiger charge is -2.33. The van der Waals surface area contributed by atoms with Crippen LogP contribution in [0.15, 0.2) is 12.1 Å². The van der Waals surface area contributed by atoms with Gasteiger partial charge in [0.05, 0.1) is 0 Å². The van der Waals surface area contributed by atoms with Crippen LogP contribution in [0, 0.1) is 6.92 Å². The highest BCUT2D eigenvalue weighted by Crippen LogP contribution is 2.20. The minimum Gasteiger partial charge on any atom is -0.329 e. The summed E-state index contributed by atoms with van der Waals surface area (Å²) in [4.78, 5) is 2.22. The Bertz CT molecular complexity index is 513. The van der Waals surface area contributed by atoms with E-state index in [1.54, 1.807) is 11.3 Å². The molecule has 1 aromatic heterocycles. The Labute approximate surface area is 119 Å². The number of piperidine rings is 1. The number of hydrogen-bond donors (Lipinski definition) is 2. The minimum absolute atomic E-state index is 0.0590. The van der Waals surface area contributed by atoms with Crippen molar-refractivity contribution >= 4 is 21.5 Å². The molecule has 0 amide bonds. The van der Waals surface area contributed by atoms with E-state index in [0.717, 1.165) is 24.1 Å². The van der Waals surface area contributed by atoms with Crippen LogP contribution in [0.1, 0.15) is 29.0 Å². The van der Waals surface area contributed by atoms with Crippen molar-refractivity contribution in [2.75, 3.05) is 13.1 Å². The molecule has 3 N–H and O–H groups in total. The first-order valence-electron chi connectivity index (χ1n) is 6.55. The predicted molar refractivity (Wildman–Crippen MR) is 78.2 cm³/mol. The SMILES string of the molecule is Cc1ccc(CNS(=O)(=O)N2CCCCC2CN)s1. The van der Waals surface area contributed by atoms with Crippen molar-refractivity contribution in [2.24, 2.45) is 5.73 Å². The van der Waals surface area contributed by atoms with Crippen molar-refractivity contribution in [3.05, 3.63) is 21.9 Å². The Morgan fingerprint density at radius 1 is 1.47 bits per heavy atom. The lowest BCUT2D eigenvalue weighted by atomic mass is 10.1. The Morgan fingerprint density at radius 3 is 2.89 bits per heavy atom. The van der Waals surface area contributed by atoms with Gasteiger partial charge in [0.2, 0.25) is 0 Å². The molecule has 1 saturated heterocycles. The average Bonchev–Trinajstić information content (AvgIpc) is 2.82. The van der Waals surface area contributed by atoms with E-state index in [0.29, 0.717) is 19.6 Å². The molecule has 0 bridgehead atoms. The van der Waals surface area contributed by atoms with Gasteiger partial charge in [-0.3, -0.25) is 0 Å². The smallest absolute Gasteiger partial charge is 0.280 e. The van der Waals surface area contributed by atoms with Crippen molar-refractivity contribution < 1.29 is 8.42 Å². The van der Waals surface area contributed by atoms with Gasteiger partial charge in [-0.1, -0.05) is 6.42 Å². The van der Waals surface area contributed by atoms with E-state index in [9.17, 15) is 8.42 Å². The summed E-state index contributed by atoms with van der Waals surface area (Å²) in [6.07, 6.45) is 2.82. The third-order valence-corrected chi connectivity index (χ3v) is 5.99. The highest BCUT2D eigenvalue weighted by Gasteiger charge is 2.31. The molecule has 1 aromatic rings. The maximum absolute atomic E-state index is 12.3. The van der Waals surface area contributed by atoms with Crippen molar-refractivity contribution in [1.82, 2.24) is 9.03 Å². The molecule has 0 saturated carbocycles. The van der Waals surface area contributed by atoms with Crippen LogP contribution < -0.4 is 10.5 Å². The Hall–Kier alpha value is -0.470. The van der Waals surface area contributed by atoms with E-state index in [-0.39, 0.29) is 6.04 Å². The second kappa shape index (κ2) is 6.32. The molecule has 1 fully saturated rings. The molecule has 0 spiro atoms. The van der Waals surface area contributed by atoms with Crippen molar-refractivity contribution in [3.63, 3.8) is 0 Å². The van der Waals surface area contributed by atoms with E-state index in [1.165, 1.54) is 9.18 Å². The first kappa shape index (κ1) is 14.9. The fraction of sp³-hybridized carbons (Fsp3) is 0.667. The highest BCUT2D eigenvalue weighted by atomic mass is 32.2. The van der Waals surface area contributed by atoms with Crippen LogP contribution >= 0.6 is 11.3 Å². The predicted octanol–water partition coefficient (Wildman–Crippen LogP) is 1.20. The van der Waals surface area contributed by atoms with Gasteiger partial charge in [0, 0.05) is 35.4 Å². The molecular weight excluding hydrogens is 282 g/mol. The third-order valence-electron chi connectivity index (χ3n) is 3.38. The molecule has 2 heterocycles. The summed E-state index contributed by atoms with van der Waals surface area (Å²) in [5.74, 6) is 0. The molecule has 108 valence electrons. The van der Waals surface area contributed by atoms with Crippen molar-refractivity contribution in [3.8, 4) is 0 Å². The van der Waals surface area contributed by atoms with Crippen LogP contribution in [0.3, 0.4) is 0 Å². The number of nitrogens with two attached hydrogens (primary N) is 1. The van der Waals surface area contributed by atoms with Gasteiger partial charge in [0.15, 0.2) is 0 Å². The number of hydrogen-bond acceptors (Lipinski definition) is 4. The van der Waals surface area contributed by atoms with E-state index in [4.69, 9.17) is 5.73 Å². The number of aryl methyl sites for hydroxylation is 1. The van der Waals surface area contributed by atoms with Gasteiger partial charge in [0.1, 0.15) is 0 Å². The largest absolute Gasteiger partial charge is 0.329 e. The fourth-order valence-corrected chi connectivity index (χ4v) is 4.73. The highest BCUT2D eigenvalue weighted by molar-refractivity contribution is 7.87. The minimum atomic E-state index is -3.42. The maximum atomic E-state index is 12.3. The van der Waals surface area contributed by atoms with Crippen molar-refractivity contribution in [2.45, 2.75) is 38.8 Å². The van der Waals surface area contributed by atoms with Gasteiger partial charge in [-0.15, -0.1) is 11.3 Å². The molecule has 1 aliphatic heterocycles. The first-order chi connectivity index (χ1) is 9.03. The number of rotatable bonds is 5. The van der Waals surface area contributed by atoms with Crippen LogP contribution in [-0.4, -0.2) is 31.9 Å². The summed E-state index contributed by atoms with van der Waals surface area (Å²) in [5.41, 5.74) is 5.67. The zero-order valence-electron chi connectivity index (χ0n) is 11.1. The van der Waals surface area contributed by atoms with E-state index < -0.39 is 10.2 Å². The number of thiophene rings is 1. The average molecular weight is 303 g/mol. The van der Waals surface area contributed by atoms with Crippen LogP contribution in [0.2, 0.25) is 0 Å². The molecular formula is C12H21N3O2S2. The summed E-state index contributed by atoms with van der Waals surface area (Å²) in [7, 11) is -3.42. The number of nitrogens with zero attached hydrogens (tertiary/aromatic N) is 1. The van der Waals surface area contributed by atoms with Crippen LogP contribution in [0.4, 0.5) is 0 Å². The number of nitrogens with one attached hydrogen (secondary N) is 1. The monoisotopic (exact) mass is 303 g/mol. The molecule has 2 rings (SSSR count). The molecule has 1 unspecified atom stereocenters. The summed E-state index contributed by atoms with van der Waals surface area (Å²) in [6, 6.07) is 3.90. The van der Waals surface area contributed by atoms with Crippen LogP contribution in [0.25, 0.3) is 0 Å². The lowest BCUT2D eigenvalue weighted by Crippen LogP contribution is -2.51. The van der Waals surface area contributed by atoms with E-state index in [2.05, 4.69) is 4.72 Å². The van der Waals surface area contributed by atoms with Gasteiger partial charge in [-0.25, -0.2) is 0 Å². The fourth-order valence-electron chi connectivity index (χ4n) is 2.35.